The molecule has 17 heavy (non-hydrogen) atoms. The maximum absolute atomic E-state index is 12.3. The summed E-state index contributed by atoms with van der Waals surface area (Å²) in [5.41, 5.74) is 1.96. The van der Waals surface area contributed by atoms with Crippen molar-refractivity contribution in [3.05, 3.63) is 23.0 Å². The van der Waals surface area contributed by atoms with Crippen LogP contribution in [0, 0.1) is 13.8 Å². The van der Waals surface area contributed by atoms with Crippen molar-refractivity contribution in [2.45, 2.75) is 32.8 Å². The number of carbonyl (C=O) groups excluding carboxylic acids is 1. The molecule has 1 aliphatic heterocycles. The third-order valence-electron chi connectivity index (χ3n) is 3.01. The minimum Gasteiger partial charge on any atom is -0.391 e. The van der Waals surface area contributed by atoms with Gasteiger partial charge in [0, 0.05) is 13.1 Å². The van der Waals surface area contributed by atoms with E-state index in [1.54, 1.807) is 17.9 Å². The molecule has 1 atom stereocenters. The smallest absolute Gasteiger partial charge is 0.255 e. The Morgan fingerprint density at radius 3 is 2.94 bits per heavy atom. The molecule has 2 heterocycles. The number of likely N-dealkylation sites (tertiary alicyclic amines) is 1. The summed E-state index contributed by atoms with van der Waals surface area (Å²) in [5, 5.41) is 17.4. The first kappa shape index (κ1) is 12.0. The Balaban J connectivity index is 2.21. The predicted octanol–water partition coefficient (Wildman–Crippen LogP) is 0.690. The summed E-state index contributed by atoms with van der Waals surface area (Å²) in [6.45, 7) is 4.71. The number of hydrogen-bond donors (Lipinski definition) is 1. The van der Waals surface area contributed by atoms with Crippen molar-refractivity contribution in [3.8, 4) is 0 Å². The van der Waals surface area contributed by atoms with E-state index in [1.165, 1.54) is 0 Å². The number of nitrogens with zero attached hydrogens (tertiary/aromatic N) is 3. The molecule has 0 radical (unpaired) electrons. The number of β-amino-alcohol motifs (C(OH)–C–C–N with tert-alkyl or cyclic N) is 1. The van der Waals surface area contributed by atoms with Gasteiger partial charge in [-0.2, -0.15) is 10.2 Å². The summed E-state index contributed by atoms with van der Waals surface area (Å²) in [6.07, 6.45) is 1.23. The van der Waals surface area contributed by atoms with E-state index in [4.69, 9.17) is 0 Å². The molecular weight excluding hydrogens is 218 g/mol. The van der Waals surface area contributed by atoms with Gasteiger partial charge in [0.2, 0.25) is 0 Å². The summed E-state index contributed by atoms with van der Waals surface area (Å²) >= 11 is 0. The molecule has 1 saturated heterocycles. The highest BCUT2D eigenvalue weighted by atomic mass is 16.3. The van der Waals surface area contributed by atoms with Crippen LogP contribution >= 0.6 is 0 Å². The maximum atomic E-state index is 12.3. The summed E-state index contributed by atoms with van der Waals surface area (Å²) in [7, 11) is 0. The molecule has 2 rings (SSSR count). The van der Waals surface area contributed by atoms with Gasteiger partial charge >= 0.3 is 0 Å². The molecule has 0 aliphatic carbocycles. The van der Waals surface area contributed by atoms with E-state index in [0.717, 1.165) is 18.5 Å². The molecule has 1 amide bonds. The Bertz CT molecular complexity index is 434. The molecule has 1 unspecified atom stereocenters. The van der Waals surface area contributed by atoms with Crippen molar-refractivity contribution >= 4 is 5.91 Å². The number of aliphatic hydroxyl groups is 1. The molecule has 5 heteroatoms. The Morgan fingerprint density at radius 1 is 1.47 bits per heavy atom. The molecule has 1 fully saturated rings. The molecule has 1 aromatic heterocycles. The number of aliphatic hydroxyl groups excluding tert-OH is 1. The molecule has 1 aromatic rings. The van der Waals surface area contributed by atoms with Crippen molar-refractivity contribution in [1.82, 2.24) is 15.1 Å². The summed E-state index contributed by atoms with van der Waals surface area (Å²) in [6, 6.07) is 1.76. The first-order valence-corrected chi connectivity index (χ1v) is 5.86. The van der Waals surface area contributed by atoms with Crippen molar-refractivity contribution < 1.29 is 9.90 Å². The topological polar surface area (TPSA) is 66.3 Å². The second-order valence-electron chi connectivity index (χ2n) is 4.53. The zero-order valence-corrected chi connectivity index (χ0v) is 10.2. The van der Waals surface area contributed by atoms with Gasteiger partial charge in [-0.15, -0.1) is 0 Å². The highest BCUT2D eigenvalue weighted by Gasteiger charge is 2.24. The third kappa shape index (κ3) is 2.61. The molecule has 0 aromatic carbocycles. The van der Waals surface area contributed by atoms with E-state index < -0.39 is 6.10 Å². The number of aromatic nitrogens is 2. The van der Waals surface area contributed by atoms with Gasteiger partial charge < -0.3 is 10.0 Å². The highest BCUT2D eigenvalue weighted by Crippen LogP contribution is 2.15. The van der Waals surface area contributed by atoms with E-state index in [2.05, 4.69) is 10.2 Å². The molecule has 5 nitrogen and oxygen atoms in total. The summed E-state index contributed by atoms with van der Waals surface area (Å²) < 4.78 is 0. The fourth-order valence-corrected chi connectivity index (χ4v) is 2.08. The van der Waals surface area contributed by atoms with E-state index >= 15 is 0 Å². The fourth-order valence-electron chi connectivity index (χ4n) is 2.08. The first-order valence-electron chi connectivity index (χ1n) is 5.86. The normalized spacial score (nSPS) is 20.4. The lowest BCUT2D eigenvalue weighted by Crippen LogP contribution is -2.42. The van der Waals surface area contributed by atoms with E-state index in [9.17, 15) is 9.90 Å². The molecule has 0 spiro atoms. The van der Waals surface area contributed by atoms with Gasteiger partial charge in [-0.3, -0.25) is 4.79 Å². The van der Waals surface area contributed by atoms with Crippen molar-refractivity contribution in [3.63, 3.8) is 0 Å². The number of amides is 1. The molecule has 92 valence electrons. The minimum absolute atomic E-state index is 0.0562. The van der Waals surface area contributed by atoms with Gasteiger partial charge in [0.1, 0.15) is 0 Å². The van der Waals surface area contributed by atoms with Gasteiger partial charge in [0.25, 0.3) is 5.91 Å². The monoisotopic (exact) mass is 235 g/mol. The lowest BCUT2D eigenvalue weighted by molar-refractivity contribution is 0.0472. The van der Waals surface area contributed by atoms with E-state index in [1.807, 2.05) is 6.92 Å². The van der Waals surface area contributed by atoms with Gasteiger partial charge in [-0.25, -0.2) is 0 Å². The number of piperidine rings is 1. The summed E-state index contributed by atoms with van der Waals surface area (Å²) in [5.74, 6) is -0.0562. The lowest BCUT2D eigenvalue weighted by atomic mass is 10.1. The van der Waals surface area contributed by atoms with Gasteiger partial charge in [0.05, 0.1) is 23.1 Å². The Morgan fingerprint density at radius 2 is 2.24 bits per heavy atom. The molecule has 0 bridgehead atoms. The number of hydrogen-bond acceptors (Lipinski definition) is 4. The van der Waals surface area contributed by atoms with Crippen LogP contribution in [0.5, 0.6) is 0 Å². The number of carbonyl (C=O) groups is 1. The quantitative estimate of drug-likeness (QED) is 0.777. The zero-order valence-electron chi connectivity index (χ0n) is 10.2. The summed E-state index contributed by atoms with van der Waals surface area (Å²) in [4.78, 5) is 14.0. The van der Waals surface area contributed by atoms with Crippen LogP contribution in [0.4, 0.5) is 0 Å². The van der Waals surface area contributed by atoms with Gasteiger partial charge in [-0.05, 0) is 32.8 Å². The second-order valence-corrected chi connectivity index (χ2v) is 4.53. The van der Waals surface area contributed by atoms with E-state index in [-0.39, 0.29) is 5.91 Å². The highest BCUT2D eigenvalue weighted by molar-refractivity contribution is 5.95. The Labute approximate surface area is 100 Å². The van der Waals surface area contributed by atoms with Crippen LogP contribution in [0.25, 0.3) is 0 Å². The number of aryl methyl sites for hydroxylation is 2. The minimum atomic E-state index is -0.399. The average Bonchev–Trinajstić information content (AvgIpc) is 2.31. The van der Waals surface area contributed by atoms with Crippen LogP contribution in [0.15, 0.2) is 6.07 Å². The lowest BCUT2D eigenvalue weighted by Gasteiger charge is -2.30. The molecule has 0 saturated carbocycles. The Kier molecular flexibility index (Phi) is 3.38. The van der Waals surface area contributed by atoms with Crippen molar-refractivity contribution in [2.24, 2.45) is 0 Å². The fraction of sp³-hybridized carbons (Fsp3) is 0.583. The Hall–Kier alpha value is -1.49. The van der Waals surface area contributed by atoms with Crippen LogP contribution in [0.3, 0.4) is 0 Å². The van der Waals surface area contributed by atoms with Crippen LogP contribution < -0.4 is 0 Å². The molecular formula is C12H17N3O2. The molecule has 1 aliphatic rings. The largest absolute Gasteiger partial charge is 0.391 e. The van der Waals surface area contributed by atoms with Crippen molar-refractivity contribution in [2.75, 3.05) is 13.1 Å². The zero-order chi connectivity index (χ0) is 12.4. The predicted molar refractivity (Wildman–Crippen MR) is 62.7 cm³/mol. The maximum Gasteiger partial charge on any atom is 0.255 e. The van der Waals surface area contributed by atoms with Crippen LogP contribution in [0.1, 0.15) is 34.6 Å². The standard InChI is InChI=1S/C12H17N3O2/c1-8-6-11(9(2)14-13-8)12(17)15-5-3-4-10(16)7-15/h6,10,16H,3-5,7H2,1-2H3. The van der Waals surface area contributed by atoms with Crippen LogP contribution in [0.2, 0.25) is 0 Å². The van der Waals surface area contributed by atoms with Gasteiger partial charge in [0.15, 0.2) is 0 Å². The van der Waals surface area contributed by atoms with Gasteiger partial charge in [-0.1, -0.05) is 0 Å². The van der Waals surface area contributed by atoms with Crippen molar-refractivity contribution in [1.29, 1.82) is 0 Å². The molecule has 1 N–H and O–H groups in total. The van der Waals surface area contributed by atoms with Crippen LogP contribution in [-0.4, -0.2) is 45.3 Å². The first-order chi connectivity index (χ1) is 8.08. The van der Waals surface area contributed by atoms with Crippen LogP contribution in [-0.2, 0) is 0 Å². The second kappa shape index (κ2) is 4.79. The average molecular weight is 235 g/mol. The van der Waals surface area contributed by atoms with E-state index in [0.29, 0.717) is 24.3 Å². The number of rotatable bonds is 1. The third-order valence-corrected chi connectivity index (χ3v) is 3.01. The SMILES string of the molecule is Cc1cc(C(=O)N2CCCC(O)C2)c(C)nn1.